The summed E-state index contributed by atoms with van der Waals surface area (Å²) in [4.78, 5) is 40.8. The molecule has 0 bridgehead atoms. The molecule has 0 aromatic carbocycles. The number of halogens is 2. The Kier molecular flexibility index (Phi) is 7.37. The number of rotatable bonds is 2. The lowest BCUT2D eigenvalue weighted by molar-refractivity contribution is 0.0921. The third-order valence-electron chi connectivity index (χ3n) is 4.64. The summed E-state index contributed by atoms with van der Waals surface area (Å²) in [5, 5.41) is 3.26. The normalized spacial score (nSPS) is 19.3. The summed E-state index contributed by atoms with van der Waals surface area (Å²) < 4.78 is 2.29. The van der Waals surface area contributed by atoms with Crippen LogP contribution in [-0.2, 0) is 14.1 Å². The molecule has 8 nitrogen and oxygen atoms in total. The topological polar surface area (TPSA) is 112 Å². The predicted molar refractivity (Wildman–Crippen MR) is 104 cm³/mol. The Morgan fingerprint density at radius 1 is 1.12 bits per heavy atom. The molecule has 0 atom stereocenters. The molecule has 0 saturated heterocycles. The molecule has 3 N–H and O–H groups in total. The van der Waals surface area contributed by atoms with E-state index in [4.69, 9.17) is 5.73 Å². The highest BCUT2D eigenvalue weighted by Gasteiger charge is 2.21. The number of pyridine rings is 1. The number of aryl methyl sites for hydroxylation is 1. The van der Waals surface area contributed by atoms with Crippen LogP contribution in [0.5, 0.6) is 0 Å². The van der Waals surface area contributed by atoms with Gasteiger partial charge in [-0.05, 0) is 37.8 Å². The first kappa shape index (κ1) is 22.1. The maximum Gasteiger partial charge on any atom is 0.332 e. The minimum Gasteiger partial charge on any atom is -0.348 e. The molecule has 1 fully saturated rings. The summed E-state index contributed by atoms with van der Waals surface area (Å²) in [6.45, 7) is 0. The minimum atomic E-state index is -0.473. The van der Waals surface area contributed by atoms with Gasteiger partial charge in [-0.1, -0.05) is 0 Å². The highest BCUT2D eigenvalue weighted by molar-refractivity contribution is 5.94. The van der Waals surface area contributed by atoms with Crippen LogP contribution >= 0.6 is 24.8 Å². The molecule has 0 radical (unpaired) electrons. The van der Waals surface area contributed by atoms with Crippen LogP contribution < -0.4 is 22.3 Å². The Morgan fingerprint density at radius 2 is 1.73 bits per heavy atom. The van der Waals surface area contributed by atoms with E-state index in [1.165, 1.54) is 30.8 Å². The number of nitrogens with zero attached hydrogens (tertiary/aromatic N) is 3. The molecule has 144 valence electrons. The zero-order valence-electron chi connectivity index (χ0n) is 14.6. The number of hydrogen-bond donors (Lipinski definition) is 2. The van der Waals surface area contributed by atoms with Crippen molar-refractivity contribution in [3.8, 4) is 0 Å². The van der Waals surface area contributed by atoms with E-state index >= 15 is 0 Å². The molecule has 0 spiro atoms. The van der Waals surface area contributed by atoms with Gasteiger partial charge in [-0.2, -0.15) is 0 Å². The lowest BCUT2D eigenvalue weighted by Gasteiger charge is -2.26. The van der Waals surface area contributed by atoms with Crippen LogP contribution in [-0.4, -0.2) is 32.1 Å². The van der Waals surface area contributed by atoms with E-state index in [1.54, 1.807) is 0 Å². The van der Waals surface area contributed by atoms with Gasteiger partial charge in [-0.25, -0.2) is 9.78 Å². The highest BCUT2D eigenvalue weighted by atomic mass is 35.5. The van der Waals surface area contributed by atoms with Crippen LogP contribution in [0.1, 0.15) is 36.2 Å². The fourth-order valence-corrected chi connectivity index (χ4v) is 3.10. The first-order chi connectivity index (χ1) is 11.4. The Hall–Kier alpha value is -1.90. The molecule has 1 amide bonds. The second kappa shape index (κ2) is 8.66. The molecular formula is C16H23Cl2N5O3. The molecule has 1 aliphatic carbocycles. The molecule has 26 heavy (non-hydrogen) atoms. The number of nitrogens with two attached hydrogens (primary N) is 1. The summed E-state index contributed by atoms with van der Waals surface area (Å²) in [6, 6.07) is 3.35. The molecule has 10 heteroatoms. The van der Waals surface area contributed by atoms with E-state index in [0.29, 0.717) is 5.39 Å². The van der Waals surface area contributed by atoms with E-state index in [9.17, 15) is 14.4 Å². The van der Waals surface area contributed by atoms with Crippen LogP contribution in [0.2, 0.25) is 0 Å². The van der Waals surface area contributed by atoms with Gasteiger partial charge in [0, 0.05) is 26.2 Å². The van der Waals surface area contributed by atoms with Gasteiger partial charge in [-0.15, -0.1) is 24.8 Å². The SMILES string of the molecule is Cl.Cl.Cn1c(=O)c2ccc(C(=O)NC3CCC(N)CC3)nc2n(C)c1=O. The van der Waals surface area contributed by atoms with Gasteiger partial charge in [-0.3, -0.25) is 18.7 Å². The highest BCUT2D eigenvalue weighted by Crippen LogP contribution is 2.17. The van der Waals surface area contributed by atoms with Crippen molar-refractivity contribution in [3.05, 3.63) is 38.7 Å². The van der Waals surface area contributed by atoms with Crippen molar-refractivity contribution < 1.29 is 4.79 Å². The molecule has 0 aliphatic heterocycles. The van der Waals surface area contributed by atoms with E-state index in [-0.39, 0.29) is 54.1 Å². The predicted octanol–water partition coefficient (Wildman–Crippen LogP) is 0.476. The summed E-state index contributed by atoms with van der Waals surface area (Å²) in [7, 11) is 2.94. The van der Waals surface area contributed by atoms with Crippen LogP contribution in [0.15, 0.2) is 21.7 Å². The van der Waals surface area contributed by atoms with Crippen molar-refractivity contribution in [1.82, 2.24) is 19.4 Å². The monoisotopic (exact) mass is 403 g/mol. The molecule has 3 rings (SSSR count). The number of hydrogen-bond acceptors (Lipinski definition) is 5. The van der Waals surface area contributed by atoms with E-state index in [2.05, 4.69) is 10.3 Å². The van der Waals surface area contributed by atoms with Crippen LogP contribution in [0.4, 0.5) is 0 Å². The Labute approximate surface area is 162 Å². The van der Waals surface area contributed by atoms with Crippen molar-refractivity contribution in [2.45, 2.75) is 37.8 Å². The van der Waals surface area contributed by atoms with Gasteiger partial charge in [0.05, 0.1) is 5.39 Å². The second-order valence-electron chi connectivity index (χ2n) is 6.36. The average molecular weight is 404 g/mol. The van der Waals surface area contributed by atoms with Gasteiger partial charge >= 0.3 is 5.69 Å². The zero-order valence-corrected chi connectivity index (χ0v) is 16.2. The number of amides is 1. The quantitative estimate of drug-likeness (QED) is 0.756. The van der Waals surface area contributed by atoms with Gasteiger partial charge in [0.25, 0.3) is 11.5 Å². The van der Waals surface area contributed by atoms with Crippen molar-refractivity contribution in [2.24, 2.45) is 19.8 Å². The van der Waals surface area contributed by atoms with Crippen LogP contribution in [0.25, 0.3) is 11.0 Å². The van der Waals surface area contributed by atoms with Gasteiger partial charge < -0.3 is 11.1 Å². The van der Waals surface area contributed by atoms with Crippen LogP contribution in [0, 0.1) is 0 Å². The van der Waals surface area contributed by atoms with Crippen molar-refractivity contribution in [1.29, 1.82) is 0 Å². The van der Waals surface area contributed by atoms with Crippen molar-refractivity contribution in [2.75, 3.05) is 0 Å². The zero-order chi connectivity index (χ0) is 17.4. The summed E-state index contributed by atoms with van der Waals surface area (Å²) in [5.74, 6) is -0.300. The lowest BCUT2D eigenvalue weighted by Crippen LogP contribution is -2.41. The molecule has 1 aliphatic rings. The summed E-state index contributed by atoms with van der Waals surface area (Å²) in [6.07, 6.45) is 3.47. The molecular weight excluding hydrogens is 381 g/mol. The van der Waals surface area contributed by atoms with Gasteiger partial charge in [0.1, 0.15) is 11.3 Å². The maximum atomic E-state index is 12.4. The van der Waals surface area contributed by atoms with E-state index in [0.717, 1.165) is 30.3 Å². The van der Waals surface area contributed by atoms with E-state index in [1.807, 2.05) is 0 Å². The number of nitrogens with one attached hydrogen (secondary N) is 1. The lowest BCUT2D eigenvalue weighted by atomic mass is 9.92. The fraction of sp³-hybridized carbons (Fsp3) is 0.500. The van der Waals surface area contributed by atoms with Crippen molar-refractivity contribution in [3.63, 3.8) is 0 Å². The number of fused-ring (bicyclic) bond motifs is 1. The Balaban J connectivity index is 0.00000169. The Bertz CT molecular complexity index is 916. The first-order valence-electron chi connectivity index (χ1n) is 8.01. The second-order valence-corrected chi connectivity index (χ2v) is 6.36. The number of carbonyl (C=O) groups excluding carboxylic acids is 1. The van der Waals surface area contributed by atoms with Gasteiger partial charge in [0.15, 0.2) is 0 Å². The third kappa shape index (κ3) is 4.08. The molecule has 0 unspecified atom stereocenters. The smallest absolute Gasteiger partial charge is 0.332 e. The molecule has 2 aromatic rings. The molecule has 2 aromatic heterocycles. The minimum absolute atomic E-state index is 0. The molecule has 2 heterocycles. The third-order valence-corrected chi connectivity index (χ3v) is 4.64. The van der Waals surface area contributed by atoms with Crippen LogP contribution in [0.3, 0.4) is 0 Å². The maximum absolute atomic E-state index is 12.4. The van der Waals surface area contributed by atoms with E-state index < -0.39 is 11.2 Å². The standard InChI is InChI=1S/C16H21N5O3.2ClH/c1-20-13-11(15(23)21(2)16(20)24)7-8-12(19-13)14(22)18-10-5-3-9(17)4-6-10;;/h7-10H,3-6,17H2,1-2H3,(H,18,22);2*1H. The van der Waals surface area contributed by atoms with Crippen molar-refractivity contribution >= 4 is 41.8 Å². The average Bonchev–Trinajstić information content (AvgIpc) is 2.59. The first-order valence-corrected chi connectivity index (χ1v) is 8.01. The van der Waals surface area contributed by atoms with Gasteiger partial charge in [0.2, 0.25) is 0 Å². The summed E-state index contributed by atoms with van der Waals surface area (Å²) >= 11 is 0. The largest absolute Gasteiger partial charge is 0.348 e. The number of aromatic nitrogens is 3. The molecule has 1 saturated carbocycles. The fourth-order valence-electron chi connectivity index (χ4n) is 3.10. The number of carbonyl (C=O) groups is 1. The Morgan fingerprint density at radius 3 is 2.35 bits per heavy atom. The summed E-state index contributed by atoms with van der Waals surface area (Å²) in [5.41, 5.74) is 5.38.